The maximum Gasteiger partial charge on any atom is 0.328 e. The van der Waals surface area contributed by atoms with Gasteiger partial charge in [0.2, 0.25) is 0 Å². The number of carbonyl (C=O) groups is 2. The summed E-state index contributed by atoms with van der Waals surface area (Å²) in [5.41, 5.74) is 1.88. The number of methoxy groups -OCH3 is 1. The zero-order valence-electron chi connectivity index (χ0n) is 9.06. The van der Waals surface area contributed by atoms with Crippen LogP contribution in [0.15, 0.2) is 18.2 Å². The van der Waals surface area contributed by atoms with E-state index in [9.17, 15) is 9.59 Å². The summed E-state index contributed by atoms with van der Waals surface area (Å²) in [6.07, 6.45) is 3.13. The van der Waals surface area contributed by atoms with E-state index in [2.05, 4.69) is 0 Å². The fourth-order valence-corrected chi connectivity index (χ4v) is 1.31. The van der Waals surface area contributed by atoms with Gasteiger partial charge in [0.1, 0.15) is 12.0 Å². The summed E-state index contributed by atoms with van der Waals surface area (Å²) in [6, 6.07) is 3.30. The molecule has 84 valence electrons. The summed E-state index contributed by atoms with van der Waals surface area (Å²) in [4.78, 5) is 21.1. The molecular weight excluding hydrogens is 208 g/mol. The highest BCUT2D eigenvalue weighted by Gasteiger charge is 2.05. The number of aliphatic carboxylic acids is 1. The Kier molecular flexibility index (Phi) is 3.83. The molecule has 0 atom stereocenters. The lowest BCUT2D eigenvalue weighted by Gasteiger charge is -2.07. The van der Waals surface area contributed by atoms with E-state index >= 15 is 0 Å². The van der Waals surface area contributed by atoms with E-state index < -0.39 is 5.97 Å². The van der Waals surface area contributed by atoms with E-state index in [4.69, 9.17) is 9.84 Å². The molecule has 1 aromatic rings. The molecule has 1 rings (SSSR count). The first-order valence-corrected chi connectivity index (χ1v) is 4.63. The number of carboxylic acids is 1. The summed E-state index contributed by atoms with van der Waals surface area (Å²) in [5, 5.41) is 8.52. The molecule has 1 N–H and O–H groups in total. The minimum Gasteiger partial charge on any atom is -0.496 e. The highest BCUT2D eigenvalue weighted by atomic mass is 16.5. The number of rotatable bonds is 4. The van der Waals surface area contributed by atoms with Crippen molar-refractivity contribution in [3.8, 4) is 5.75 Å². The van der Waals surface area contributed by atoms with Crippen LogP contribution in [-0.2, 0) is 4.79 Å². The fraction of sp³-hybridized carbons (Fsp3) is 0.167. The smallest absolute Gasteiger partial charge is 0.328 e. The first-order valence-electron chi connectivity index (χ1n) is 4.63. The highest BCUT2D eigenvalue weighted by molar-refractivity contribution is 5.87. The van der Waals surface area contributed by atoms with Crippen LogP contribution in [0.4, 0.5) is 0 Å². The third kappa shape index (κ3) is 2.70. The topological polar surface area (TPSA) is 63.6 Å². The van der Waals surface area contributed by atoms with Gasteiger partial charge in [-0.05, 0) is 30.7 Å². The van der Waals surface area contributed by atoms with Crippen molar-refractivity contribution in [3.05, 3.63) is 34.9 Å². The number of hydrogen-bond donors (Lipinski definition) is 1. The number of carboxylic acid groups (broad SMARTS) is 1. The SMILES string of the molecule is COc1cc(C)c(C=O)cc1/C=C/C(=O)O. The van der Waals surface area contributed by atoms with Gasteiger partial charge in [0.15, 0.2) is 0 Å². The number of carbonyl (C=O) groups excluding carboxylic acids is 1. The van der Waals surface area contributed by atoms with Crippen molar-refractivity contribution in [2.75, 3.05) is 7.11 Å². The number of hydrogen-bond acceptors (Lipinski definition) is 3. The van der Waals surface area contributed by atoms with Gasteiger partial charge in [-0.3, -0.25) is 4.79 Å². The summed E-state index contributed by atoms with van der Waals surface area (Å²) in [5.74, 6) is -0.504. The lowest BCUT2D eigenvalue weighted by Crippen LogP contribution is -1.94. The number of aldehydes is 1. The molecule has 0 unspecified atom stereocenters. The zero-order valence-corrected chi connectivity index (χ0v) is 9.06. The molecule has 0 aliphatic heterocycles. The Morgan fingerprint density at radius 2 is 2.06 bits per heavy atom. The molecule has 0 saturated carbocycles. The predicted molar refractivity (Wildman–Crippen MR) is 59.8 cm³/mol. The minimum absolute atomic E-state index is 0.519. The fourth-order valence-electron chi connectivity index (χ4n) is 1.31. The average molecular weight is 220 g/mol. The molecule has 0 spiro atoms. The van der Waals surface area contributed by atoms with Gasteiger partial charge in [-0.15, -0.1) is 0 Å². The second-order valence-electron chi connectivity index (χ2n) is 3.24. The Morgan fingerprint density at radius 1 is 1.38 bits per heavy atom. The largest absolute Gasteiger partial charge is 0.496 e. The molecule has 0 aliphatic rings. The van der Waals surface area contributed by atoms with Gasteiger partial charge < -0.3 is 9.84 Å². The van der Waals surface area contributed by atoms with E-state index in [0.29, 0.717) is 16.9 Å². The van der Waals surface area contributed by atoms with Crippen molar-refractivity contribution in [2.45, 2.75) is 6.92 Å². The van der Waals surface area contributed by atoms with Crippen molar-refractivity contribution >= 4 is 18.3 Å². The highest BCUT2D eigenvalue weighted by Crippen LogP contribution is 2.23. The van der Waals surface area contributed by atoms with Crippen molar-refractivity contribution in [1.82, 2.24) is 0 Å². The Bertz CT molecular complexity index is 447. The van der Waals surface area contributed by atoms with Crippen LogP contribution in [0.5, 0.6) is 5.75 Å². The first-order chi connectivity index (χ1) is 7.58. The van der Waals surface area contributed by atoms with E-state index in [1.807, 2.05) is 0 Å². The number of ether oxygens (including phenoxy) is 1. The van der Waals surface area contributed by atoms with Crippen LogP contribution >= 0.6 is 0 Å². The van der Waals surface area contributed by atoms with Gasteiger partial charge in [0.25, 0.3) is 0 Å². The monoisotopic (exact) mass is 220 g/mol. The van der Waals surface area contributed by atoms with E-state index in [1.54, 1.807) is 19.1 Å². The van der Waals surface area contributed by atoms with Gasteiger partial charge in [-0.1, -0.05) is 0 Å². The Balaban J connectivity index is 3.24. The Morgan fingerprint density at radius 3 is 2.56 bits per heavy atom. The molecule has 0 heterocycles. The first kappa shape index (κ1) is 12.0. The molecule has 0 aromatic heterocycles. The summed E-state index contributed by atoms with van der Waals surface area (Å²) < 4.78 is 5.10. The van der Waals surface area contributed by atoms with Crippen molar-refractivity contribution in [3.63, 3.8) is 0 Å². The van der Waals surface area contributed by atoms with Crippen LogP contribution < -0.4 is 4.74 Å². The maximum absolute atomic E-state index is 10.7. The molecule has 4 nitrogen and oxygen atoms in total. The Labute approximate surface area is 93.2 Å². The third-order valence-corrected chi connectivity index (χ3v) is 2.15. The van der Waals surface area contributed by atoms with Crippen LogP contribution in [0.1, 0.15) is 21.5 Å². The molecule has 16 heavy (non-hydrogen) atoms. The molecule has 0 saturated heterocycles. The molecule has 1 aromatic carbocycles. The standard InChI is InChI=1S/C12H12O4/c1-8-5-11(16-2)9(3-4-12(14)15)6-10(8)7-13/h3-7H,1-2H3,(H,14,15)/b4-3+. The van der Waals surface area contributed by atoms with Gasteiger partial charge >= 0.3 is 5.97 Å². The predicted octanol–water partition coefficient (Wildman–Crippen LogP) is 1.91. The minimum atomic E-state index is -1.05. The van der Waals surface area contributed by atoms with Crippen LogP contribution in [0.3, 0.4) is 0 Å². The van der Waals surface area contributed by atoms with E-state index in [1.165, 1.54) is 13.2 Å². The van der Waals surface area contributed by atoms with Crippen LogP contribution in [0.25, 0.3) is 6.08 Å². The summed E-state index contributed by atoms with van der Waals surface area (Å²) in [6.45, 7) is 1.79. The maximum atomic E-state index is 10.7. The zero-order chi connectivity index (χ0) is 12.1. The average Bonchev–Trinajstić information content (AvgIpc) is 2.26. The van der Waals surface area contributed by atoms with Gasteiger partial charge in [0.05, 0.1) is 7.11 Å². The summed E-state index contributed by atoms with van der Waals surface area (Å²) >= 11 is 0. The van der Waals surface area contributed by atoms with Gasteiger partial charge in [0, 0.05) is 17.2 Å². The molecular formula is C12H12O4. The van der Waals surface area contributed by atoms with Crippen LogP contribution in [0.2, 0.25) is 0 Å². The van der Waals surface area contributed by atoms with Crippen molar-refractivity contribution in [2.24, 2.45) is 0 Å². The molecule has 0 aliphatic carbocycles. The lowest BCUT2D eigenvalue weighted by atomic mass is 10.0. The van der Waals surface area contributed by atoms with Gasteiger partial charge in [-0.2, -0.15) is 0 Å². The van der Waals surface area contributed by atoms with Gasteiger partial charge in [-0.25, -0.2) is 4.79 Å². The molecule has 0 radical (unpaired) electrons. The van der Waals surface area contributed by atoms with Crippen LogP contribution in [0, 0.1) is 6.92 Å². The van der Waals surface area contributed by atoms with Crippen molar-refractivity contribution < 1.29 is 19.4 Å². The van der Waals surface area contributed by atoms with Crippen LogP contribution in [-0.4, -0.2) is 24.5 Å². The summed E-state index contributed by atoms with van der Waals surface area (Å²) in [7, 11) is 1.49. The quantitative estimate of drug-likeness (QED) is 0.622. The van der Waals surface area contributed by atoms with E-state index in [-0.39, 0.29) is 0 Å². The number of benzene rings is 1. The third-order valence-electron chi connectivity index (χ3n) is 2.15. The normalized spacial score (nSPS) is 10.4. The molecule has 0 fully saturated rings. The Hall–Kier alpha value is -2.10. The molecule has 4 heteroatoms. The second-order valence-corrected chi connectivity index (χ2v) is 3.24. The van der Waals surface area contributed by atoms with E-state index in [0.717, 1.165) is 17.9 Å². The molecule has 0 amide bonds. The second kappa shape index (κ2) is 5.11. The lowest BCUT2D eigenvalue weighted by molar-refractivity contribution is -0.131. The molecule has 0 bridgehead atoms. The van der Waals surface area contributed by atoms with Crippen molar-refractivity contribution in [1.29, 1.82) is 0 Å². The number of aryl methyl sites for hydroxylation is 1.